The predicted molar refractivity (Wildman–Crippen MR) is 144 cm³/mol. The number of rotatable bonds is 5. The van der Waals surface area contributed by atoms with Gasteiger partial charge in [-0.15, -0.1) is 0 Å². The molecular formula is C29H36N6O2. The second kappa shape index (κ2) is 10.4. The Balaban J connectivity index is 1.41. The molecule has 1 saturated heterocycles. The molecule has 2 heterocycles. The van der Waals surface area contributed by atoms with Crippen LogP contribution in [0.2, 0.25) is 0 Å². The first kappa shape index (κ1) is 25.0. The first-order valence-electron chi connectivity index (χ1n) is 13.1. The lowest BCUT2D eigenvalue weighted by atomic mass is 9.83. The lowest BCUT2D eigenvalue weighted by Crippen LogP contribution is -2.59. The fourth-order valence-electron chi connectivity index (χ4n) is 5.25. The number of nitrogens with zero attached hydrogens (tertiary/aromatic N) is 2. The smallest absolute Gasteiger partial charge is 0.321 e. The Labute approximate surface area is 218 Å². The van der Waals surface area contributed by atoms with Gasteiger partial charge in [0, 0.05) is 17.5 Å². The van der Waals surface area contributed by atoms with Gasteiger partial charge in [0.05, 0.1) is 17.7 Å². The number of aromatic nitrogens is 2. The molecule has 2 aliphatic rings. The van der Waals surface area contributed by atoms with Crippen LogP contribution in [0.1, 0.15) is 75.6 Å². The molecule has 8 heteroatoms. The molecule has 0 spiro atoms. The van der Waals surface area contributed by atoms with E-state index >= 15 is 0 Å². The van der Waals surface area contributed by atoms with Crippen molar-refractivity contribution in [2.45, 2.75) is 70.2 Å². The molecule has 2 aromatic carbocycles. The number of benzene rings is 2. The van der Waals surface area contributed by atoms with Crippen LogP contribution in [-0.2, 0) is 10.2 Å². The Morgan fingerprint density at radius 1 is 1.00 bits per heavy atom. The minimum absolute atomic E-state index is 0.0140. The predicted octanol–water partition coefficient (Wildman–Crippen LogP) is 4.83. The molecule has 2 fully saturated rings. The van der Waals surface area contributed by atoms with E-state index in [0.29, 0.717) is 5.82 Å². The van der Waals surface area contributed by atoms with Crippen molar-refractivity contribution in [3.8, 4) is 0 Å². The van der Waals surface area contributed by atoms with Crippen LogP contribution in [0.15, 0.2) is 66.7 Å². The van der Waals surface area contributed by atoms with Gasteiger partial charge < -0.3 is 10.6 Å². The van der Waals surface area contributed by atoms with Gasteiger partial charge in [0.15, 0.2) is 6.29 Å². The highest BCUT2D eigenvalue weighted by Gasteiger charge is 2.39. The summed E-state index contributed by atoms with van der Waals surface area (Å²) in [5.41, 5.74) is 2.56. The lowest BCUT2D eigenvalue weighted by molar-refractivity contribution is -0.132. The van der Waals surface area contributed by atoms with Gasteiger partial charge in [-0.1, -0.05) is 94.3 Å². The Bertz CT molecular complexity index is 1190. The van der Waals surface area contributed by atoms with Crippen molar-refractivity contribution >= 4 is 17.8 Å². The molecule has 194 valence electrons. The third kappa shape index (κ3) is 5.54. The Morgan fingerprint density at radius 3 is 2.24 bits per heavy atom. The number of anilines is 1. The van der Waals surface area contributed by atoms with Gasteiger partial charge in [-0.05, 0) is 24.0 Å². The number of carbonyl (C=O) groups is 2. The van der Waals surface area contributed by atoms with E-state index in [4.69, 9.17) is 5.10 Å². The third-order valence-electron chi connectivity index (χ3n) is 7.29. The maximum atomic E-state index is 13.4. The van der Waals surface area contributed by atoms with Crippen molar-refractivity contribution in [1.29, 1.82) is 0 Å². The summed E-state index contributed by atoms with van der Waals surface area (Å²) in [5.74, 6) is 0.555. The molecule has 0 radical (unpaired) electrons. The highest BCUT2D eigenvalue weighted by Crippen LogP contribution is 2.31. The number of fused-ring (bicyclic) bond motifs is 1. The van der Waals surface area contributed by atoms with Crippen LogP contribution in [0.3, 0.4) is 0 Å². The summed E-state index contributed by atoms with van der Waals surface area (Å²) in [5, 5.41) is 17.6. The number of amides is 3. The number of carbonyl (C=O) groups excluding carboxylic acids is 2. The van der Waals surface area contributed by atoms with Crippen LogP contribution in [-0.4, -0.2) is 27.8 Å². The maximum absolute atomic E-state index is 13.4. The van der Waals surface area contributed by atoms with E-state index in [-0.39, 0.29) is 35.4 Å². The lowest BCUT2D eigenvalue weighted by Gasteiger charge is -2.40. The summed E-state index contributed by atoms with van der Waals surface area (Å²) in [7, 11) is 0. The van der Waals surface area contributed by atoms with Crippen LogP contribution in [0.4, 0.5) is 10.6 Å². The fourth-order valence-corrected chi connectivity index (χ4v) is 5.25. The molecule has 8 nitrogen and oxygen atoms in total. The molecule has 3 amide bonds. The number of hydrogen-bond donors (Lipinski definition) is 4. The largest absolute Gasteiger partial charge is 0.327 e. The summed E-state index contributed by atoms with van der Waals surface area (Å²) < 4.78 is 1.70. The van der Waals surface area contributed by atoms with Gasteiger partial charge in [-0.2, -0.15) is 5.10 Å². The molecule has 4 N–H and O–H groups in total. The number of urea groups is 1. The van der Waals surface area contributed by atoms with E-state index in [1.54, 1.807) is 4.68 Å². The third-order valence-corrected chi connectivity index (χ3v) is 7.29. The van der Waals surface area contributed by atoms with E-state index in [9.17, 15) is 9.59 Å². The summed E-state index contributed by atoms with van der Waals surface area (Å²) in [6, 6.07) is 21.1. The van der Waals surface area contributed by atoms with E-state index in [2.05, 4.69) is 42.0 Å². The van der Waals surface area contributed by atoms with Crippen molar-refractivity contribution in [2.24, 2.45) is 5.92 Å². The van der Waals surface area contributed by atoms with Gasteiger partial charge in [0.2, 0.25) is 5.91 Å². The molecule has 1 aromatic heterocycles. The number of nitrogens with one attached hydrogen (secondary N) is 4. The molecule has 0 bridgehead atoms. The van der Waals surface area contributed by atoms with Crippen molar-refractivity contribution in [1.82, 2.24) is 25.7 Å². The quantitative estimate of drug-likeness (QED) is 0.403. The van der Waals surface area contributed by atoms with E-state index in [0.717, 1.165) is 42.5 Å². The first-order valence-corrected chi connectivity index (χ1v) is 13.1. The molecule has 1 aliphatic heterocycles. The summed E-state index contributed by atoms with van der Waals surface area (Å²) >= 11 is 0. The van der Waals surface area contributed by atoms with Crippen LogP contribution >= 0.6 is 0 Å². The molecule has 1 saturated carbocycles. The average molecular weight is 501 g/mol. The van der Waals surface area contributed by atoms with E-state index < -0.39 is 6.29 Å². The van der Waals surface area contributed by atoms with Gasteiger partial charge >= 0.3 is 6.03 Å². The van der Waals surface area contributed by atoms with E-state index in [1.165, 1.54) is 0 Å². The van der Waals surface area contributed by atoms with Crippen molar-refractivity contribution in [2.75, 3.05) is 5.32 Å². The zero-order valence-electron chi connectivity index (χ0n) is 21.7. The van der Waals surface area contributed by atoms with Gasteiger partial charge in [0.1, 0.15) is 5.82 Å². The molecular weight excluding hydrogens is 464 g/mol. The van der Waals surface area contributed by atoms with Crippen LogP contribution < -0.4 is 21.3 Å². The van der Waals surface area contributed by atoms with Crippen LogP contribution in [0.25, 0.3) is 0 Å². The molecule has 5 rings (SSSR count). The van der Waals surface area contributed by atoms with Gasteiger partial charge in [-0.3, -0.25) is 15.4 Å². The fraction of sp³-hybridized carbons (Fsp3) is 0.414. The molecule has 3 atom stereocenters. The van der Waals surface area contributed by atoms with Crippen LogP contribution in [0, 0.1) is 5.92 Å². The standard InChI is InChI=1S/C29H36N6O2/c1-29(2,3)23-18-24(35(34-23)27-30-22-17-11-10-16-21(22)26(36)33-27)31-28(37)32-25(19-12-6-4-7-13-19)20-14-8-5-9-15-20/h4-9,12-15,18,21-22,25,27,30H,10-11,16-17H2,1-3H3,(H,33,36)(H2,31,32,37). The average Bonchev–Trinajstić information content (AvgIpc) is 3.33. The first-order chi connectivity index (χ1) is 17.8. The molecule has 3 unspecified atom stereocenters. The highest BCUT2D eigenvalue weighted by atomic mass is 16.2. The Morgan fingerprint density at radius 2 is 1.62 bits per heavy atom. The van der Waals surface area contributed by atoms with Crippen molar-refractivity contribution in [3.05, 3.63) is 83.6 Å². The highest BCUT2D eigenvalue weighted by molar-refractivity contribution is 5.89. The Kier molecular flexibility index (Phi) is 7.02. The zero-order valence-corrected chi connectivity index (χ0v) is 21.7. The SMILES string of the molecule is CC(C)(C)c1cc(NC(=O)NC(c2ccccc2)c2ccccc2)n(C2NC(=O)C3CCCCC3N2)n1. The summed E-state index contributed by atoms with van der Waals surface area (Å²) in [6.07, 6.45) is 3.51. The maximum Gasteiger partial charge on any atom is 0.321 e. The Hall–Kier alpha value is -3.65. The second-order valence-electron chi connectivity index (χ2n) is 11.0. The topological polar surface area (TPSA) is 100 Å². The van der Waals surface area contributed by atoms with Crippen LogP contribution in [0.5, 0.6) is 0 Å². The van der Waals surface area contributed by atoms with E-state index in [1.807, 2.05) is 66.7 Å². The minimum Gasteiger partial charge on any atom is -0.327 e. The van der Waals surface area contributed by atoms with Crippen molar-refractivity contribution in [3.63, 3.8) is 0 Å². The minimum atomic E-state index is -0.530. The normalized spacial score (nSPS) is 21.7. The zero-order chi connectivity index (χ0) is 26.0. The summed E-state index contributed by atoms with van der Waals surface area (Å²) in [6.45, 7) is 6.23. The molecule has 1 aliphatic carbocycles. The van der Waals surface area contributed by atoms with Gasteiger partial charge in [-0.25, -0.2) is 9.48 Å². The second-order valence-corrected chi connectivity index (χ2v) is 11.0. The molecule has 37 heavy (non-hydrogen) atoms. The molecule has 3 aromatic rings. The monoisotopic (exact) mass is 500 g/mol. The number of hydrogen-bond acceptors (Lipinski definition) is 4. The summed E-state index contributed by atoms with van der Waals surface area (Å²) in [4.78, 5) is 26.3. The van der Waals surface area contributed by atoms with Crippen molar-refractivity contribution < 1.29 is 9.59 Å². The van der Waals surface area contributed by atoms with Gasteiger partial charge in [0.25, 0.3) is 0 Å².